The number of carbonyl (C=O) groups is 1. The monoisotopic (exact) mass is 269 g/mol. The van der Waals surface area contributed by atoms with Crippen LogP contribution in [0.1, 0.15) is 28.8 Å². The molecule has 1 aromatic carbocycles. The molecule has 1 N–H and O–H groups in total. The molecular formula is C16H15NO3. The molecule has 0 radical (unpaired) electrons. The van der Waals surface area contributed by atoms with Crippen LogP contribution in [0.5, 0.6) is 5.75 Å². The van der Waals surface area contributed by atoms with Crippen molar-refractivity contribution in [2.24, 2.45) is 0 Å². The smallest absolute Gasteiger partial charge is 0.335 e. The number of rotatable bonds is 4. The minimum atomic E-state index is -0.945. The second kappa shape index (κ2) is 4.96. The highest BCUT2D eigenvalue weighted by Gasteiger charge is 2.25. The minimum Gasteiger partial charge on any atom is -0.490 e. The van der Waals surface area contributed by atoms with Gasteiger partial charge in [-0.2, -0.15) is 0 Å². The zero-order valence-corrected chi connectivity index (χ0v) is 11.2. The van der Waals surface area contributed by atoms with Crippen LogP contribution in [0.4, 0.5) is 0 Å². The lowest BCUT2D eigenvalue weighted by atomic mass is 10.0. The molecule has 102 valence electrons. The van der Waals surface area contributed by atoms with E-state index in [9.17, 15) is 4.79 Å². The average Bonchev–Trinajstić information content (AvgIpc) is 3.22. The first-order valence-corrected chi connectivity index (χ1v) is 6.59. The first kappa shape index (κ1) is 12.7. The Hall–Kier alpha value is -2.36. The zero-order chi connectivity index (χ0) is 14.1. The molecule has 1 saturated carbocycles. The van der Waals surface area contributed by atoms with E-state index in [1.165, 1.54) is 0 Å². The highest BCUT2D eigenvalue weighted by atomic mass is 16.5. The first-order valence-electron chi connectivity index (χ1n) is 6.59. The van der Waals surface area contributed by atoms with Crippen molar-refractivity contribution in [3.05, 3.63) is 47.8 Å². The molecule has 0 bridgehead atoms. The number of carboxylic acid groups (broad SMARTS) is 1. The van der Waals surface area contributed by atoms with Crippen LogP contribution in [0.2, 0.25) is 0 Å². The molecule has 1 heterocycles. The van der Waals surface area contributed by atoms with E-state index in [2.05, 4.69) is 4.98 Å². The molecule has 0 saturated heterocycles. The molecule has 1 fully saturated rings. The summed E-state index contributed by atoms with van der Waals surface area (Å²) in [6.07, 6.45) is 5.83. The summed E-state index contributed by atoms with van der Waals surface area (Å²) in [6, 6.07) is 7.00. The van der Waals surface area contributed by atoms with E-state index in [1.807, 2.05) is 13.0 Å². The lowest BCUT2D eigenvalue weighted by Crippen LogP contribution is -2.02. The molecule has 1 aromatic heterocycles. The molecule has 0 spiro atoms. The summed E-state index contributed by atoms with van der Waals surface area (Å²) in [5.41, 5.74) is 3.13. The van der Waals surface area contributed by atoms with Gasteiger partial charge in [-0.3, -0.25) is 4.98 Å². The average molecular weight is 269 g/mol. The van der Waals surface area contributed by atoms with Gasteiger partial charge in [0.1, 0.15) is 5.75 Å². The number of ether oxygens (including phenoxy) is 1. The summed E-state index contributed by atoms with van der Waals surface area (Å²) >= 11 is 0. The molecule has 20 heavy (non-hydrogen) atoms. The quantitative estimate of drug-likeness (QED) is 0.925. The Morgan fingerprint density at radius 3 is 2.75 bits per heavy atom. The van der Waals surface area contributed by atoms with Gasteiger partial charge in [0.15, 0.2) is 0 Å². The van der Waals surface area contributed by atoms with Gasteiger partial charge in [-0.15, -0.1) is 0 Å². The normalized spacial score (nSPS) is 14.1. The lowest BCUT2D eigenvalue weighted by molar-refractivity contribution is 0.0696. The van der Waals surface area contributed by atoms with Crippen LogP contribution in [0.3, 0.4) is 0 Å². The molecule has 1 aliphatic rings. The maximum Gasteiger partial charge on any atom is 0.335 e. The number of aromatic nitrogens is 1. The molecule has 0 unspecified atom stereocenters. The number of nitrogens with zero attached hydrogens (tertiary/aromatic N) is 1. The fraction of sp³-hybridized carbons (Fsp3) is 0.250. The van der Waals surface area contributed by atoms with Crippen LogP contribution in [-0.2, 0) is 0 Å². The highest BCUT2D eigenvalue weighted by Crippen LogP contribution is 2.35. The number of aryl methyl sites for hydroxylation is 1. The standard InChI is InChI=1S/C16H15NO3/c1-10-6-12(9-17-8-10)14-5-2-11(16(18)19)7-15(14)20-13-3-4-13/h2,5-9,13H,3-4H2,1H3,(H,18,19). The molecule has 0 atom stereocenters. The predicted octanol–water partition coefficient (Wildman–Crippen LogP) is 3.30. The van der Waals surface area contributed by atoms with Gasteiger partial charge in [-0.25, -0.2) is 4.79 Å². The van der Waals surface area contributed by atoms with E-state index in [-0.39, 0.29) is 11.7 Å². The largest absolute Gasteiger partial charge is 0.490 e. The maximum atomic E-state index is 11.1. The fourth-order valence-electron chi connectivity index (χ4n) is 2.06. The van der Waals surface area contributed by atoms with Crippen LogP contribution in [0, 0.1) is 6.92 Å². The predicted molar refractivity (Wildman–Crippen MR) is 75.0 cm³/mol. The summed E-state index contributed by atoms with van der Waals surface area (Å²) in [4.78, 5) is 15.3. The van der Waals surface area contributed by atoms with Crippen LogP contribution in [0.25, 0.3) is 11.1 Å². The fourth-order valence-corrected chi connectivity index (χ4v) is 2.06. The summed E-state index contributed by atoms with van der Waals surface area (Å²) in [5.74, 6) is -0.320. The Balaban J connectivity index is 2.06. The van der Waals surface area contributed by atoms with Crippen molar-refractivity contribution in [1.29, 1.82) is 0 Å². The zero-order valence-electron chi connectivity index (χ0n) is 11.2. The van der Waals surface area contributed by atoms with Crippen LogP contribution in [-0.4, -0.2) is 22.2 Å². The highest BCUT2D eigenvalue weighted by molar-refractivity contribution is 5.89. The van der Waals surface area contributed by atoms with Crippen molar-refractivity contribution in [2.75, 3.05) is 0 Å². The Bertz CT molecular complexity index is 663. The van der Waals surface area contributed by atoms with E-state index in [0.717, 1.165) is 29.5 Å². The van der Waals surface area contributed by atoms with Gasteiger partial charge in [-0.05, 0) is 49.6 Å². The maximum absolute atomic E-state index is 11.1. The second-order valence-corrected chi connectivity index (χ2v) is 5.08. The summed E-state index contributed by atoms with van der Waals surface area (Å²) in [5, 5.41) is 9.10. The van der Waals surface area contributed by atoms with Gasteiger partial charge < -0.3 is 9.84 Å². The second-order valence-electron chi connectivity index (χ2n) is 5.08. The number of benzene rings is 1. The van der Waals surface area contributed by atoms with E-state index >= 15 is 0 Å². The summed E-state index contributed by atoms with van der Waals surface area (Å²) < 4.78 is 5.85. The van der Waals surface area contributed by atoms with Crippen molar-refractivity contribution in [3.8, 4) is 16.9 Å². The topological polar surface area (TPSA) is 59.4 Å². The van der Waals surface area contributed by atoms with Gasteiger partial charge in [0, 0.05) is 23.5 Å². The van der Waals surface area contributed by atoms with Crippen LogP contribution >= 0.6 is 0 Å². The summed E-state index contributed by atoms with van der Waals surface area (Å²) in [6.45, 7) is 1.98. The Morgan fingerprint density at radius 2 is 2.10 bits per heavy atom. The Labute approximate surface area is 117 Å². The van der Waals surface area contributed by atoms with Crippen molar-refractivity contribution < 1.29 is 14.6 Å². The number of carboxylic acids is 1. The van der Waals surface area contributed by atoms with E-state index in [4.69, 9.17) is 9.84 Å². The lowest BCUT2D eigenvalue weighted by Gasteiger charge is -2.12. The number of hydrogen-bond acceptors (Lipinski definition) is 3. The van der Waals surface area contributed by atoms with Crippen LogP contribution < -0.4 is 4.74 Å². The van der Waals surface area contributed by atoms with Gasteiger partial charge in [0.2, 0.25) is 0 Å². The van der Waals surface area contributed by atoms with E-state index < -0.39 is 5.97 Å². The van der Waals surface area contributed by atoms with Crippen molar-refractivity contribution in [2.45, 2.75) is 25.9 Å². The van der Waals surface area contributed by atoms with Gasteiger partial charge >= 0.3 is 5.97 Å². The Kier molecular flexibility index (Phi) is 3.14. The van der Waals surface area contributed by atoms with E-state index in [0.29, 0.717) is 5.75 Å². The van der Waals surface area contributed by atoms with Crippen molar-refractivity contribution >= 4 is 5.97 Å². The molecule has 3 rings (SSSR count). The van der Waals surface area contributed by atoms with Crippen molar-refractivity contribution in [3.63, 3.8) is 0 Å². The number of hydrogen-bond donors (Lipinski definition) is 1. The SMILES string of the molecule is Cc1cncc(-c2ccc(C(=O)O)cc2OC2CC2)c1. The Morgan fingerprint density at radius 1 is 1.30 bits per heavy atom. The third-order valence-corrected chi connectivity index (χ3v) is 3.23. The van der Waals surface area contributed by atoms with E-state index in [1.54, 1.807) is 30.6 Å². The van der Waals surface area contributed by atoms with Gasteiger partial charge in [-0.1, -0.05) is 0 Å². The minimum absolute atomic E-state index is 0.218. The van der Waals surface area contributed by atoms with Crippen molar-refractivity contribution in [1.82, 2.24) is 4.98 Å². The number of pyridine rings is 1. The molecule has 1 aliphatic carbocycles. The first-order chi connectivity index (χ1) is 9.63. The molecule has 4 heteroatoms. The molecule has 2 aromatic rings. The third kappa shape index (κ3) is 2.64. The number of aromatic carboxylic acids is 1. The molecule has 4 nitrogen and oxygen atoms in total. The molecule has 0 aliphatic heterocycles. The molecule has 0 amide bonds. The summed E-state index contributed by atoms with van der Waals surface area (Å²) in [7, 11) is 0. The molecular weight excluding hydrogens is 254 g/mol. The van der Waals surface area contributed by atoms with Gasteiger partial charge in [0.25, 0.3) is 0 Å². The van der Waals surface area contributed by atoms with Gasteiger partial charge in [0.05, 0.1) is 11.7 Å². The van der Waals surface area contributed by atoms with Crippen LogP contribution in [0.15, 0.2) is 36.7 Å². The third-order valence-electron chi connectivity index (χ3n) is 3.23.